The van der Waals surface area contributed by atoms with Gasteiger partial charge in [-0.1, -0.05) is 32.1 Å². The molecule has 0 rings (SSSR count). The van der Waals surface area contributed by atoms with Crippen molar-refractivity contribution in [3.05, 3.63) is 0 Å². The van der Waals surface area contributed by atoms with Crippen LogP contribution >= 0.6 is 0 Å². The van der Waals surface area contributed by atoms with Gasteiger partial charge in [0.25, 0.3) is 0 Å². The summed E-state index contributed by atoms with van der Waals surface area (Å²) in [6.45, 7) is 0. The number of nitrogens with two attached hydrogens (primary N) is 2. The van der Waals surface area contributed by atoms with Gasteiger partial charge in [-0.3, -0.25) is 4.79 Å². The van der Waals surface area contributed by atoms with E-state index in [-0.39, 0.29) is 6.17 Å². The topological polar surface area (TPSA) is 89.3 Å². The fraction of sp³-hybridized carbons (Fsp3) is 0.900. The van der Waals surface area contributed by atoms with Crippen molar-refractivity contribution in [2.75, 3.05) is 0 Å². The maximum Gasteiger partial charge on any atom is 0.303 e. The van der Waals surface area contributed by atoms with E-state index in [9.17, 15) is 4.79 Å². The molecule has 0 spiro atoms. The van der Waals surface area contributed by atoms with Gasteiger partial charge in [0.15, 0.2) is 0 Å². The molecule has 0 saturated carbocycles. The average Bonchev–Trinajstić information content (AvgIpc) is 2.08. The zero-order valence-electron chi connectivity index (χ0n) is 8.74. The summed E-state index contributed by atoms with van der Waals surface area (Å²) < 4.78 is 0. The van der Waals surface area contributed by atoms with E-state index in [1.165, 1.54) is 0 Å². The number of carbonyl (C=O) groups is 1. The number of hydrogen-bond donors (Lipinski definition) is 3. The van der Waals surface area contributed by atoms with E-state index in [1.807, 2.05) is 0 Å². The lowest BCUT2D eigenvalue weighted by Gasteiger charge is -2.04. The normalized spacial score (nSPS) is 10.8. The Balaban J connectivity index is 2.96. The van der Waals surface area contributed by atoms with Crippen LogP contribution in [-0.4, -0.2) is 17.2 Å². The molecule has 84 valence electrons. The second-order valence-corrected chi connectivity index (χ2v) is 3.72. The molecule has 0 aliphatic heterocycles. The second kappa shape index (κ2) is 8.97. The summed E-state index contributed by atoms with van der Waals surface area (Å²) in [5.74, 6) is -0.695. The molecule has 5 N–H and O–H groups in total. The number of carboxylic acid groups (broad SMARTS) is 1. The predicted molar refractivity (Wildman–Crippen MR) is 56.7 cm³/mol. The lowest BCUT2D eigenvalue weighted by molar-refractivity contribution is -0.137. The van der Waals surface area contributed by atoms with E-state index in [1.54, 1.807) is 0 Å². The molecule has 0 fully saturated rings. The number of hydrogen-bond acceptors (Lipinski definition) is 3. The first-order valence-corrected chi connectivity index (χ1v) is 5.36. The van der Waals surface area contributed by atoms with Gasteiger partial charge in [-0.15, -0.1) is 0 Å². The maximum absolute atomic E-state index is 10.2. The Kier molecular flexibility index (Phi) is 8.57. The second-order valence-electron chi connectivity index (χ2n) is 3.72. The third kappa shape index (κ3) is 11.4. The van der Waals surface area contributed by atoms with Gasteiger partial charge >= 0.3 is 5.97 Å². The van der Waals surface area contributed by atoms with Gasteiger partial charge in [-0.2, -0.15) is 0 Å². The van der Waals surface area contributed by atoms with Crippen LogP contribution in [0.1, 0.15) is 51.4 Å². The van der Waals surface area contributed by atoms with Crippen molar-refractivity contribution in [2.45, 2.75) is 57.5 Å². The van der Waals surface area contributed by atoms with Crippen molar-refractivity contribution in [1.29, 1.82) is 0 Å². The first-order chi connectivity index (χ1) is 6.63. The molecule has 4 nitrogen and oxygen atoms in total. The molecule has 14 heavy (non-hydrogen) atoms. The molecule has 0 aromatic rings. The molecule has 0 bridgehead atoms. The first kappa shape index (κ1) is 13.4. The van der Waals surface area contributed by atoms with E-state index in [2.05, 4.69) is 0 Å². The largest absolute Gasteiger partial charge is 0.481 e. The summed E-state index contributed by atoms with van der Waals surface area (Å²) in [5.41, 5.74) is 10.8. The fourth-order valence-electron chi connectivity index (χ4n) is 1.36. The third-order valence-electron chi connectivity index (χ3n) is 2.18. The molecule has 0 aromatic carbocycles. The van der Waals surface area contributed by atoms with Gasteiger partial charge in [0.1, 0.15) is 0 Å². The molecule has 4 heteroatoms. The van der Waals surface area contributed by atoms with Crippen molar-refractivity contribution in [1.82, 2.24) is 0 Å². The van der Waals surface area contributed by atoms with Crippen molar-refractivity contribution >= 4 is 5.97 Å². The van der Waals surface area contributed by atoms with E-state index in [0.717, 1.165) is 44.9 Å². The van der Waals surface area contributed by atoms with Crippen LogP contribution < -0.4 is 11.5 Å². The molecule has 0 amide bonds. The van der Waals surface area contributed by atoms with Crippen molar-refractivity contribution in [3.63, 3.8) is 0 Å². The number of unbranched alkanes of at least 4 members (excludes halogenated alkanes) is 5. The van der Waals surface area contributed by atoms with Gasteiger partial charge < -0.3 is 16.6 Å². The first-order valence-electron chi connectivity index (χ1n) is 5.36. The van der Waals surface area contributed by atoms with E-state index >= 15 is 0 Å². The summed E-state index contributed by atoms with van der Waals surface area (Å²) in [4.78, 5) is 10.2. The Morgan fingerprint density at radius 3 is 2.00 bits per heavy atom. The summed E-state index contributed by atoms with van der Waals surface area (Å²) in [5, 5.41) is 8.39. The van der Waals surface area contributed by atoms with Crippen LogP contribution in [0.25, 0.3) is 0 Å². The highest BCUT2D eigenvalue weighted by molar-refractivity contribution is 5.66. The highest BCUT2D eigenvalue weighted by Gasteiger charge is 1.97. The predicted octanol–water partition coefficient (Wildman–Crippen LogP) is 1.44. The zero-order chi connectivity index (χ0) is 10.8. The highest BCUT2D eigenvalue weighted by atomic mass is 16.4. The third-order valence-corrected chi connectivity index (χ3v) is 2.18. The molecule has 0 unspecified atom stereocenters. The Morgan fingerprint density at radius 1 is 1.00 bits per heavy atom. The minimum atomic E-state index is -0.695. The average molecular weight is 202 g/mol. The minimum absolute atomic E-state index is 0.179. The molecule has 0 aromatic heterocycles. The number of rotatable bonds is 9. The summed E-state index contributed by atoms with van der Waals surface area (Å²) in [6, 6.07) is 0. The highest BCUT2D eigenvalue weighted by Crippen LogP contribution is 2.08. The van der Waals surface area contributed by atoms with Crippen molar-refractivity contribution in [2.24, 2.45) is 11.5 Å². The van der Waals surface area contributed by atoms with Gasteiger partial charge in [0.2, 0.25) is 0 Å². The quantitative estimate of drug-likeness (QED) is 0.390. The van der Waals surface area contributed by atoms with E-state index in [0.29, 0.717) is 6.42 Å². The molecular formula is C10H22N2O2. The number of aliphatic carboxylic acids is 1. The SMILES string of the molecule is NC(N)CCCCCCCCC(=O)O. The molecule has 0 atom stereocenters. The van der Waals surface area contributed by atoms with Gasteiger partial charge in [0.05, 0.1) is 6.17 Å². The molecule has 0 radical (unpaired) electrons. The van der Waals surface area contributed by atoms with Gasteiger partial charge in [0, 0.05) is 6.42 Å². The standard InChI is InChI=1S/C10H22N2O2/c11-9(12)7-5-3-1-2-4-6-8-10(13)14/h9H,1-8,11-12H2,(H,13,14). The summed E-state index contributed by atoms with van der Waals surface area (Å²) in [7, 11) is 0. The maximum atomic E-state index is 10.2. The Morgan fingerprint density at radius 2 is 1.50 bits per heavy atom. The molecule has 0 aliphatic carbocycles. The van der Waals surface area contributed by atoms with Crippen LogP contribution in [0.5, 0.6) is 0 Å². The minimum Gasteiger partial charge on any atom is -0.481 e. The summed E-state index contributed by atoms with van der Waals surface area (Å²) >= 11 is 0. The Labute approximate surface area is 85.7 Å². The smallest absolute Gasteiger partial charge is 0.303 e. The van der Waals surface area contributed by atoms with Crippen molar-refractivity contribution < 1.29 is 9.90 Å². The van der Waals surface area contributed by atoms with Crippen LogP contribution in [0.2, 0.25) is 0 Å². The molecular weight excluding hydrogens is 180 g/mol. The van der Waals surface area contributed by atoms with Gasteiger partial charge in [-0.05, 0) is 12.8 Å². The van der Waals surface area contributed by atoms with Crippen molar-refractivity contribution in [3.8, 4) is 0 Å². The Hall–Kier alpha value is -0.610. The van der Waals surface area contributed by atoms with Crippen LogP contribution in [0.4, 0.5) is 0 Å². The lowest BCUT2D eigenvalue weighted by atomic mass is 10.1. The Bertz CT molecular complexity index is 149. The molecule has 0 saturated heterocycles. The van der Waals surface area contributed by atoms with E-state index in [4.69, 9.17) is 16.6 Å². The monoisotopic (exact) mass is 202 g/mol. The van der Waals surface area contributed by atoms with Crippen LogP contribution in [-0.2, 0) is 4.79 Å². The van der Waals surface area contributed by atoms with E-state index < -0.39 is 5.97 Å². The summed E-state index contributed by atoms with van der Waals surface area (Å²) in [6.07, 6.45) is 7.32. The van der Waals surface area contributed by atoms with Crippen LogP contribution in [0, 0.1) is 0 Å². The van der Waals surface area contributed by atoms with Gasteiger partial charge in [-0.25, -0.2) is 0 Å². The number of carboxylic acids is 1. The van der Waals surface area contributed by atoms with Crippen LogP contribution in [0.15, 0.2) is 0 Å². The zero-order valence-corrected chi connectivity index (χ0v) is 8.74. The fourth-order valence-corrected chi connectivity index (χ4v) is 1.36. The lowest BCUT2D eigenvalue weighted by Crippen LogP contribution is -2.29. The molecule has 0 heterocycles. The van der Waals surface area contributed by atoms with Crippen LogP contribution in [0.3, 0.4) is 0 Å². The molecule has 0 aliphatic rings.